The molecule has 0 aliphatic heterocycles. The van der Waals surface area contributed by atoms with E-state index in [2.05, 4.69) is 0 Å². The predicted molar refractivity (Wildman–Crippen MR) is 62.7 cm³/mol. The summed E-state index contributed by atoms with van der Waals surface area (Å²) in [5, 5.41) is 17.5. The average Bonchev–Trinajstić information content (AvgIpc) is 2.28. The second kappa shape index (κ2) is 6.54. The van der Waals surface area contributed by atoms with E-state index in [0.717, 1.165) is 11.3 Å². The van der Waals surface area contributed by atoms with Crippen LogP contribution in [-0.2, 0) is 11.2 Å². The third kappa shape index (κ3) is 4.56. The third-order valence-electron chi connectivity index (χ3n) is 2.30. The highest BCUT2D eigenvalue weighted by atomic mass is 16.5. The van der Waals surface area contributed by atoms with Gasteiger partial charge in [-0.3, -0.25) is 4.79 Å². The zero-order valence-electron chi connectivity index (χ0n) is 9.72. The summed E-state index contributed by atoms with van der Waals surface area (Å²) in [5.41, 5.74) is 0.920. The maximum atomic E-state index is 10.6. The van der Waals surface area contributed by atoms with Gasteiger partial charge in [0, 0.05) is 0 Å². The molecule has 1 aromatic rings. The Balaban J connectivity index is 2.69. The molecule has 1 unspecified atom stereocenters. The molecule has 0 amide bonds. The molecule has 17 heavy (non-hydrogen) atoms. The van der Waals surface area contributed by atoms with Gasteiger partial charge in [0.05, 0.1) is 25.0 Å². The number of nitriles is 1. The summed E-state index contributed by atoms with van der Waals surface area (Å²) < 4.78 is 5.34. The number of carboxylic acids is 1. The summed E-state index contributed by atoms with van der Waals surface area (Å²) in [7, 11) is 0. The van der Waals surface area contributed by atoms with Crippen LogP contribution in [0, 0.1) is 17.2 Å². The molecular weight excluding hydrogens is 218 g/mol. The van der Waals surface area contributed by atoms with E-state index in [0.29, 0.717) is 13.0 Å². The number of rotatable bonds is 6. The zero-order chi connectivity index (χ0) is 12.7. The molecule has 0 aliphatic rings. The van der Waals surface area contributed by atoms with Gasteiger partial charge >= 0.3 is 5.97 Å². The minimum Gasteiger partial charge on any atom is -0.494 e. The molecular formula is C13H15NO3. The largest absolute Gasteiger partial charge is 0.494 e. The number of ether oxygens (including phenoxy) is 1. The Hall–Kier alpha value is -2.02. The van der Waals surface area contributed by atoms with Gasteiger partial charge in [-0.15, -0.1) is 0 Å². The van der Waals surface area contributed by atoms with Crippen LogP contribution < -0.4 is 4.74 Å². The number of hydrogen-bond acceptors (Lipinski definition) is 3. The Morgan fingerprint density at radius 3 is 2.94 bits per heavy atom. The first-order valence-electron chi connectivity index (χ1n) is 5.48. The van der Waals surface area contributed by atoms with Crippen molar-refractivity contribution in [1.82, 2.24) is 0 Å². The first-order chi connectivity index (χ1) is 8.15. The quantitative estimate of drug-likeness (QED) is 0.818. The number of hydrogen-bond donors (Lipinski definition) is 1. The Bertz CT molecular complexity index is 423. The molecule has 0 saturated carbocycles. The SMILES string of the molecule is CCOc1cccc(CC(C#N)CC(=O)O)c1. The molecule has 1 atom stereocenters. The van der Waals surface area contributed by atoms with Crippen LogP contribution in [0.15, 0.2) is 24.3 Å². The highest BCUT2D eigenvalue weighted by molar-refractivity contribution is 5.67. The van der Waals surface area contributed by atoms with E-state index < -0.39 is 11.9 Å². The van der Waals surface area contributed by atoms with E-state index in [9.17, 15) is 4.79 Å². The minimum absolute atomic E-state index is 0.130. The highest BCUT2D eigenvalue weighted by Crippen LogP contribution is 2.17. The van der Waals surface area contributed by atoms with Crippen molar-refractivity contribution in [3.63, 3.8) is 0 Å². The van der Waals surface area contributed by atoms with Crippen LogP contribution >= 0.6 is 0 Å². The lowest BCUT2D eigenvalue weighted by molar-refractivity contribution is -0.137. The van der Waals surface area contributed by atoms with Crippen LogP contribution in [0.25, 0.3) is 0 Å². The normalized spacial score (nSPS) is 11.5. The topological polar surface area (TPSA) is 70.3 Å². The van der Waals surface area contributed by atoms with Crippen molar-refractivity contribution < 1.29 is 14.6 Å². The third-order valence-corrected chi connectivity index (χ3v) is 2.30. The first kappa shape index (κ1) is 13.0. The van der Waals surface area contributed by atoms with E-state index in [1.165, 1.54) is 0 Å². The van der Waals surface area contributed by atoms with Gasteiger partial charge in [-0.05, 0) is 31.0 Å². The Morgan fingerprint density at radius 2 is 2.35 bits per heavy atom. The fraction of sp³-hybridized carbons (Fsp3) is 0.385. The molecule has 4 heteroatoms. The van der Waals surface area contributed by atoms with Crippen molar-refractivity contribution in [2.24, 2.45) is 5.92 Å². The maximum Gasteiger partial charge on any atom is 0.304 e. The summed E-state index contributed by atoms with van der Waals surface area (Å²) in [6.07, 6.45) is 0.305. The Labute approximate surface area is 100 Å². The molecule has 90 valence electrons. The van der Waals surface area contributed by atoms with E-state index in [-0.39, 0.29) is 6.42 Å². The standard InChI is InChI=1S/C13H15NO3/c1-2-17-12-5-3-4-10(7-12)6-11(9-14)8-13(15)16/h3-5,7,11H,2,6,8H2,1H3,(H,15,16). The summed E-state index contributed by atoms with van der Waals surface area (Å²) in [4.78, 5) is 10.6. The monoisotopic (exact) mass is 233 g/mol. The van der Waals surface area contributed by atoms with Crippen molar-refractivity contribution in [3.8, 4) is 11.8 Å². The lowest BCUT2D eigenvalue weighted by Crippen LogP contribution is -2.08. The second-order valence-electron chi connectivity index (χ2n) is 3.71. The predicted octanol–water partition coefficient (Wildman–Crippen LogP) is 2.24. The van der Waals surface area contributed by atoms with E-state index in [1.807, 2.05) is 37.3 Å². The molecule has 0 heterocycles. The number of aliphatic carboxylic acids is 1. The molecule has 0 fully saturated rings. The molecule has 0 saturated heterocycles. The van der Waals surface area contributed by atoms with Crippen molar-refractivity contribution in [2.45, 2.75) is 19.8 Å². The van der Waals surface area contributed by atoms with Crippen LogP contribution in [0.3, 0.4) is 0 Å². The van der Waals surface area contributed by atoms with E-state index in [4.69, 9.17) is 15.1 Å². The van der Waals surface area contributed by atoms with Gasteiger partial charge in [0.15, 0.2) is 0 Å². The summed E-state index contributed by atoms with van der Waals surface area (Å²) >= 11 is 0. The van der Waals surface area contributed by atoms with Gasteiger partial charge in [0.25, 0.3) is 0 Å². The van der Waals surface area contributed by atoms with Gasteiger partial charge in [-0.25, -0.2) is 0 Å². The summed E-state index contributed by atoms with van der Waals surface area (Å²) in [6.45, 7) is 2.48. The first-order valence-corrected chi connectivity index (χ1v) is 5.48. The van der Waals surface area contributed by atoms with Gasteiger partial charge in [-0.1, -0.05) is 12.1 Å². The van der Waals surface area contributed by atoms with Gasteiger partial charge in [0.2, 0.25) is 0 Å². The van der Waals surface area contributed by atoms with E-state index in [1.54, 1.807) is 0 Å². The molecule has 0 aliphatic carbocycles. The fourth-order valence-electron chi connectivity index (χ4n) is 1.59. The Morgan fingerprint density at radius 1 is 1.59 bits per heavy atom. The number of carbonyl (C=O) groups is 1. The number of carboxylic acid groups (broad SMARTS) is 1. The summed E-state index contributed by atoms with van der Waals surface area (Å²) in [5.74, 6) is -0.695. The lowest BCUT2D eigenvalue weighted by atomic mass is 9.97. The van der Waals surface area contributed by atoms with Crippen LogP contribution in [0.2, 0.25) is 0 Å². The second-order valence-corrected chi connectivity index (χ2v) is 3.71. The molecule has 4 nitrogen and oxygen atoms in total. The zero-order valence-corrected chi connectivity index (χ0v) is 9.72. The van der Waals surface area contributed by atoms with Crippen LogP contribution in [-0.4, -0.2) is 17.7 Å². The number of nitrogens with zero attached hydrogens (tertiary/aromatic N) is 1. The summed E-state index contributed by atoms with van der Waals surface area (Å²) in [6, 6.07) is 9.41. The minimum atomic E-state index is -0.947. The number of benzene rings is 1. The maximum absolute atomic E-state index is 10.6. The van der Waals surface area contributed by atoms with Crippen molar-refractivity contribution in [3.05, 3.63) is 29.8 Å². The van der Waals surface area contributed by atoms with Crippen LogP contribution in [0.5, 0.6) is 5.75 Å². The smallest absolute Gasteiger partial charge is 0.304 e. The molecule has 0 radical (unpaired) electrons. The fourth-order valence-corrected chi connectivity index (χ4v) is 1.59. The van der Waals surface area contributed by atoms with Crippen molar-refractivity contribution in [1.29, 1.82) is 5.26 Å². The average molecular weight is 233 g/mol. The van der Waals surface area contributed by atoms with E-state index >= 15 is 0 Å². The lowest BCUT2D eigenvalue weighted by Gasteiger charge is -2.08. The van der Waals surface area contributed by atoms with Crippen molar-refractivity contribution in [2.75, 3.05) is 6.61 Å². The van der Waals surface area contributed by atoms with Crippen LogP contribution in [0.4, 0.5) is 0 Å². The van der Waals surface area contributed by atoms with Gasteiger partial charge in [-0.2, -0.15) is 5.26 Å². The molecule has 0 aromatic heterocycles. The van der Waals surface area contributed by atoms with Gasteiger partial charge in [0.1, 0.15) is 5.75 Å². The van der Waals surface area contributed by atoms with Crippen LogP contribution in [0.1, 0.15) is 18.9 Å². The van der Waals surface area contributed by atoms with Crippen molar-refractivity contribution >= 4 is 5.97 Å². The molecule has 1 aromatic carbocycles. The molecule has 1 rings (SSSR count). The highest BCUT2D eigenvalue weighted by Gasteiger charge is 2.13. The Kier molecular flexibility index (Phi) is 5.02. The van der Waals surface area contributed by atoms with Gasteiger partial charge < -0.3 is 9.84 Å². The molecule has 1 N–H and O–H groups in total. The molecule has 0 spiro atoms. The molecule has 0 bridgehead atoms.